The topological polar surface area (TPSA) is 81.1 Å². The number of carbonyl (C=O) groups is 2. The smallest absolute Gasteiger partial charge is 0.212 e. The molecule has 1 rings (SSSR count). The van der Waals surface area contributed by atoms with Gasteiger partial charge < -0.3 is 20.0 Å². The average molecular weight is 188 g/mol. The molecule has 74 valence electrons. The van der Waals surface area contributed by atoms with E-state index >= 15 is 0 Å². The lowest BCUT2D eigenvalue weighted by atomic mass is 10.2. The normalized spacial score (nSPS) is 34.5. The van der Waals surface area contributed by atoms with Gasteiger partial charge in [0.1, 0.15) is 0 Å². The van der Waals surface area contributed by atoms with Crippen molar-refractivity contribution in [2.75, 3.05) is 6.54 Å². The Labute approximate surface area is 75.4 Å². The van der Waals surface area contributed by atoms with Gasteiger partial charge in [-0.05, 0) is 6.92 Å². The molecule has 0 aromatic carbocycles. The molecule has 0 saturated carbocycles. The quantitative estimate of drug-likeness (QED) is 0.488. The highest BCUT2D eigenvalue weighted by Gasteiger charge is 2.36. The maximum Gasteiger partial charge on any atom is 0.212 e. The minimum Gasteiger partial charge on any atom is -0.369 e. The van der Waals surface area contributed by atoms with Crippen molar-refractivity contribution in [1.82, 2.24) is 9.80 Å². The van der Waals surface area contributed by atoms with Crippen molar-refractivity contribution in [2.45, 2.75) is 25.4 Å². The summed E-state index contributed by atoms with van der Waals surface area (Å²) in [5.74, 6) is 0. The molecule has 1 aliphatic rings. The lowest BCUT2D eigenvalue weighted by Gasteiger charge is -2.43. The van der Waals surface area contributed by atoms with E-state index in [0.717, 1.165) is 9.80 Å². The summed E-state index contributed by atoms with van der Waals surface area (Å²) in [5.41, 5.74) is 0. The van der Waals surface area contributed by atoms with Crippen LogP contribution in [0.1, 0.15) is 6.92 Å². The molecule has 3 atom stereocenters. The first-order valence-corrected chi connectivity index (χ1v) is 3.91. The predicted octanol–water partition coefficient (Wildman–Crippen LogP) is -2.06. The third kappa shape index (κ3) is 1.63. The van der Waals surface area contributed by atoms with E-state index in [2.05, 4.69) is 0 Å². The van der Waals surface area contributed by atoms with Crippen LogP contribution in [0.4, 0.5) is 0 Å². The Bertz CT molecular complexity index is 211. The summed E-state index contributed by atoms with van der Waals surface area (Å²) in [7, 11) is 0. The van der Waals surface area contributed by atoms with E-state index in [4.69, 9.17) is 0 Å². The SMILES string of the molecule is CC1CN(C=O)C(O)C(O)N1C=O. The highest BCUT2D eigenvalue weighted by Crippen LogP contribution is 2.15. The van der Waals surface area contributed by atoms with Crippen molar-refractivity contribution in [3.8, 4) is 0 Å². The molecule has 1 fully saturated rings. The Hall–Kier alpha value is -1.14. The van der Waals surface area contributed by atoms with Crippen LogP contribution in [0.2, 0.25) is 0 Å². The Morgan fingerprint density at radius 3 is 2.31 bits per heavy atom. The second-order valence-corrected chi connectivity index (χ2v) is 3.03. The molecule has 6 heteroatoms. The number of hydrogen-bond donors (Lipinski definition) is 2. The van der Waals surface area contributed by atoms with Crippen LogP contribution in [-0.4, -0.2) is 57.9 Å². The number of nitrogens with zero attached hydrogens (tertiary/aromatic N) is 2. The number of rotatable bonds is 2. The Morgan fingerprint density at radius 2 is 1.85 bits per heavy atom. The molecule has 3 unspecified atom stereocenters. The van der Waals surface area contributed by atoms with Crippen molar-refractivity contribution in [3.05, 3.63) is 0 Å². The molecule has 0 aliphatic carbocycles. The summed E-state index contributed by atoms with van der Waals surface area (Å²) >= 11 is 0. The maximum atomic E-state index is 10.5. The molecule has 6 nitrogen and oxygen atoms in total. The zero-order valence-corrected chi connectivity index (χ0v) is 7.20. The van der Waals surface area contributed by atoms with Crippen LogP contribution < -0.4 is 0 Å². The third-order valence-electron chi connectivity index (χ3n) is 2.15. The number of carbonyl (C=O) groups excluding carboxylic acids is 2. The highest BCUT2D eigenvalue weighted by molar-refractivity contribution is 5.52. The van der Waals surface area contributed by atoms with Gasteiger partial charge in [-0.1, -0.05) is 0 Å². The van der Waals surface area contributed by atoms with Crippen molar-refractivity contribution in [3.63, 3.8) is 0 Å². The number of hydrogen-bond acceptors (Lipinski definition) is 4. The lowest BCUT2D eigenvalue weighted by Crippen LogP contribution is -2.62. The zero-order chi connectivity index (χ0) is 10.0. The number of amides is 2. The van der Waals surface area contributed by atoms with Crippen LogP contribution in [-0.2, 0) is 9.59 Å². The number of piperazine rings is 1. The van der Waals surface area contributed by atoms with Crippen molar-refractivity contribution in [1.29, 1.82) is 0 Å². The van der Waals surface area contributed by atoms with Crippen LogP contribution >= 0.6 is 0 Å². The zero-order valence-electron chi connectivity index (χ0n) is 7.20. The summed E-state index contributed by atoms with van der Waals surface area (Å²) < 4.78 is 0. The van der Waals surface area contributed by atoms with Gasteiger partial charge in [0.05, 0.1) is 0 Å². The highest BCUT2D eigenvalue weighted by atomic mass is 16.4. The minimum absolute atomic E-state index is 0.223. The summed E-state index contributed by atoms with van der Waals surface area (Å²) in [6.07, 6.45) is -1.77. The molecule has 1 saturated heterocycles. The van der Waals surface area contributed by atoms with Crippen LogP contribution in [0.3, 0.4) is 0 Å². The van der Waals surface area contributed by atoms with Crippen LogP contribution in [0.25, 0.3) is 0 Å². The van der Waals surface area contributed by atoms with E-state index in [9.17, 15) is 19.8 Å². The summed E-state index contributed by atoms with van der Waals surface area (Å²) in [6.45, 7) is 1.90. The second kappa shape index (κ2) is 3.71. The fourth-order valence-corrected chi connectivity index (χ4v) is 1.36. The molecule has 13 heavy (non-hydrogen) atoms. The van der Waals surface area contributed by atoms with E-state index in [-0.39, 0.29) is 12.6 Å². The summed E-state index contributed by atoms with van der Waals surface area (Å²) in [5, 5.41) is 18.7. The minimum atomic E-state index is -1.34. The van der Waals surface area contributed by atoms with Gasteiger partial charge in [-0.25, -0.2) is 0 Å². The molecular weight excluding hydrogens is 176 g/mol. The summed E-state index contributed by atoms with van der Waals surface area (Å²) in [6, 6.07) is -0.291. The van der Waals surface area contributed by atoms with E-state index in [0.29, 0.717) is 12.8 Å². The largest absolute Gasteiger partial charge is 0.369 e. The number of aliphatic hydroxyl groups excluding tert-OH is 2. The average Bonchev–Trinajstić information content (AvgIpc) is 2.12. The van der Waals surface area contributed by atoms with E-state index < -0.39 is 12.5 Å². The molecule has 1 heterocycles. The molecule has 0 radical (unpaired) electrons. The van der Waals surface area contributed by atoms with E-state index in [1.165, 1.54) is 0 Å². The summed E-state index contributed by atoms with van der Waals surface area (Å²) in [4.78, 5) is 23.0. The first-order chi connectivity index (χ1) is 6.11. The van der Waals surface area contributed by atoms with Crippen LogP contribution in [0.15, 0.2) is 0 Å². The standard InChI is InChI=1S/C7H12N2O4/c1-5-2-8(3-10)6(12)7(13)9(5)4-11/h3-7,12-13H,2H2,1H3. The Kier molecular flexibility index (Phi) is 2.84. The van der Waals surface area contributed by atoms with Crippen molar-refractivity contribution >= 4 is 12.8 Å². The molecule has 2 N–H and O–H groups in total. The van der Waals surface area contributed by atoms with Gasteiger partial charge in [0.15, 0.2) is 12.5 Å². The van der Waals surface area contributed by atoms with Crippen molar-refractivity contribution in [2.24, 2.45) is 0 Å². The fourth-order valence-electron chi connectivity index (χ4n) is 1.36. The molecule has 2 amide bonds. The molecule has 0 spiro atoms. The van der Waals surface area contributed by atoms with E-state index in [1.807, 2.05) is 0 Å². The van der Waals surface area contributed by atoms with E-state index in [1.54, 1.807) is 6.92 Å². The van der Waals surface area contributed by atoms with Gasteiger partial charge in [-0.3, -0.25) is 9.59 Å². The molecular formula is C7H12N2O4. The van der Waals surface area contributed by atoms with Crippen molar-refractivity contribution < 1.29 is 19.8 Å². The van der Waals surface area contributed by atoms with Gasteiger partial charge in [-0.15, -0.1) is 0 Å². The molecule has 0 aromatic heterocycles. The first kappa shape index (κ1) is 9.94. The van der Waals surface area contributed by atoms with Gasteiger partial charge in [0.25, 0.3) is 0 Å². The Balaban J connectivity index is 2.77. The van der Waals surface area contributed by atoms with Gasteiger partial charge >= 0.3 is 0 Å². The predicted molar refractivity (Wildman–Crippen MR) is 42.1 cm³/mol. The lowest BCUT2D eigenvalue weighted by molar-refractivity contribution is -0.191. The van der Waals surface area contributed by atoms with Gasteiger partial charge in [-0.2, -0.15) is 0 Å². The van der Waals surface area contributed by atoms with Gasteiger partial charge in [0.2, 0.25) is 12.8 Å². The third-order valence-corrected chi connectivity index (χ3v) is 2.15. The monoisotopic (exact) mass is 188 g/mol. The first-order valence-electron chi connectivity index (χ1n) is 3.91. The molecule has 1 aliphatic heterocycles. The second-order valence-electron chi connectivity index (χ2n) is 3.03. The Morgan fingerprint density at radius 1 is 1.23 bits per heavy atom. The fraction of sp³-hybridized carbons (Fsp3) is 0.714. The van der Waals surface area contributed by atoms with Crippen LogP contribution in [0.5, 0.6) is 0 Å². The van der Waals surface area contributed by atoms with Gasteiger partial charge in [0, 0.05) is 12.6 Å². The molecule has 0 bridgehead atoms. The maximum absolute atomic E-state index is 10.5. The number of aliphatic hydroxyl groups is 2. The molecule has 0 aromatic rings. The van der Waals surface area contributed by atoms with Crippen LogP contribution in [0, 0.1) is 0 Å².